The Bertz CT molecular complexity index is 688. The van der Waals surface area contributed by atoms with E-state index >= 15 is 0 Å². The van der Waals surface area contributed by atoms with Crippen molar-refractivity contribution in [1.29, 1.82) is 0 Å². The minimum absolute atomic E-state index is 0.0109. The third kappa shape index (κ3) is 4.28. The van der Waals surface area contributed by atoms with Crippen molar-refractivity contribution in [2.75, 3.05) is 4.90 Å². The fraction of sp³-hybridized carbons (Fsp3) is 0.353. The third-order valence-electron chi connectivity index (χ3n) is 3.10. The van der Waals surface area contributed by atoms with E-state index in [4.69, 9.17) is 4.74 Å². The summed E-state index contributed by atoms with van der Waals surface area (Å²) in [5.41, 5.74) is 0.242. The number of nitrogens with zero attached hydrogens (tertiary/aromatic N) is 1. The van der Waals surface area contributed by atoms with E-state index in [0.29, 0.717) is 15.7 Å². The Balaban J connectivity index is 2.14. The van der Waals surface area contributed by atoms with Gasteiger partial charge in [0.05, 0.1) is 18.5 Å². The predicted octanol–water partition coefficient (Wildman–Crippen LogP) is 3.37. The molecule has 0 N–H and O–H groups in total. The minimum Gasteiger partial charge on any atom is -0.460 e. The first-order valence-corrected chi connectivity index (χ1v) is 8.01. The van der Waals surface area contributed by atoms with Crippen molar-refractivity contribution in [1.82, 2.24) is 0 Å². The molecule has 2 rings (SSSR count). The molecule has 0 aliphatic carbocycles. The second-order valence-electron chi connectivity index (χ2n) is 6.18. The number of para-hydroxylation sites is 1. The van der Waals surface area contributed by atoms with Crippen LogP contribution in [0.25, 0.3) is 0 Å². The molecule has 0 aromatic heterocycles. The third-order valence-corrected chi connectivity index (χ3v) is 3.77. The molecular formula is C17H18BrNO4. The highest BCUT2D eigenvalue weighted by molar-refractivity contribution is 9.10. The van der Waals surface area contributed by atoms with Gasteiger partial charge in [-0.1, -0.05) is 18.2 Å². The van der Waals surface area contributed by atoms with Crippen LogP contribution in [-0.4, -0.2) is 23.4 Å². The number of amides is 2. The van der Waals surface area contributed by atoms with E-state index in [9.17, 15) is 14.4 Å². The van der Waals surface area contributed by atoms with Gasteiger partial charge in [0.25, 0.3) is 5.91 Å². The molecule has 1 aliphatic heterocycles. The summed E-state index contributed by atoms with van der Waals surface area (Å²) in [7, 11) is 0. The van der Waals surface area contributed by atoms with E-state index in [1.807, 2.05) is 0 Å². The van der Waals surface area contributed by atoms with Crippen LogP contribution in [0.15, 0.2) is 40.4 Å². The topological polar surface area (TPSA) is 63.7 Å². The van der Waals surface area contributed by atoms with Crippen LogP contribution in [0.4, 0.5) is 5.69 Å². The van der Waals surface area contributed by atoms with Crippen LogP contribution in [0, 0.1) is 0 Å². The number of hydrogen-bond donors (Lipinski definition) is 0. The Kier molecular flexibility index (Phi) is 5.04. The molecule has 1 saturated heterocycles. The summed E-state index contributed by atoms with van der Waals surface area (Å²) in [5, 5.41) is 0. The number of carbonyl (C=O) groups excluding carboxylic acids is 3. The maximum atomic E-state index is 12.4. The maximum Gasteiger partial charge on any atom is 0.310 e. The zero-order valence-electron chi connectivity index (χ0n) is 13.3. The van der Waals surface area contributed by atoms with Crippen molar-refractivity contribution < 1.29 is 19.1 Å². The number of ether oxygens (including phenoxy) is 1. The fourth-order valence-electron chi connectivity index (χ4n) is 2.20. The quantitative estimate of drug-likeness (QED) is 0.458. The highest BCUT2D eigenvalue weighted by Gasteiger charge is 2.35. The number of anilines is 1. The SMILES string of the molecule is CC(C)(C)OC(=O)C/C=C1/CC(=O)N(c2ccccc2Br)C1=O. The molecule has 1 heterocycles. The van der Waals surface area contributed by atoms with Crippen molar-refractivity contribution >= 4 is 39.4 Å². The molecule has 1 fully saturated rings. The average molecular weight is 380 g/mol. The molecule has 5 nitrogen and oxygen atoms in total. The molecule has 2 amide bonds. The predicted molar refractivity (Wildman–Crippen MR) is 89.8 cm³/mol. The van der Waals surface area contributed by atoms with E-state index in [0.717, 1.165) is 4.90 Å². The monoisotopic (exact) mass is 379 g/mol. The zero-order chi connectivity index (χ0) is 17.2. The standard InChI is InChI=1S/C17H18BrNO4/c1-17(2,3)23-15(21)9-8-11-10-14(20)19(16(11)22)13-7-5-4-6-12(13)18/h4-8H,9-10H2,1-3H3/b11-8-. The summed E-state index contributed by atoms with van der Waals surface area (Å²) in [4.78, 5) is 37.4. The molecule has 0 bridgehead atoms. The van der Waals surface area contributed by atoms with Gasteiger partial charge in [-0.25, -0.2) is 4.90 Å². The summed E-state index contributed by atoms with van der Waals surface area (Å²) in [6, 6.07) is 7.01. The van der Waals surface area contributed by atoms with E-state index in [1.165, 1.54) is 6.08 Å². The van der Waals surface area contributed by atoms with Gasteiger partial charge in [0.1, 0.15) is 5.60 Å². The van der Waals surface area contributed by atoms with Crippen LogP contribution in [-0.2, 0) is 19.1 Å². The van der Waals surface area contributed by atoms with Gasteiger partial charge in [-0.2, -0.15) is 0 Å². The highest BCUT2D eigenvalue weighted by atomic mass is 79.9. The Labute approximate surface area is 143 Å². The molecule has 0 spiro atoms. The van der Waals surface area contributed by atoms with E-state index in [-0.39, 0.29) is 18.7 Å². The van der Waals surface area contributed by atoms with E-state index < -0.39 is 17.5 Å². The fourth-order valence-corrected chi connectivity index (χ4v) is 2.66. The summed E-state index contributed by atoms with van der Waals surface area (Å²) in [6.07, 6.45) is 1.43. The molecule has 1 aromatic carbocycles. The number of halogens is 1. The summed E-state index contributed by atoms with van der Waals surface area (Å²) >= 11 is 3.34. The van der Waals surface area contributed by atoms with Gasteiger partial charge >= 0.3 is 5.97 Å². The summed E-state index contributed by atoms with van der Waals surface area (Å²) in [6.45, 7) is 5.32. The lowest BCUT2D eigenvalue weighted by molar-refractivity contribution is -0.153. The molecule has 1 aromatic rings. The lowest BCUT2D eigenvalue weighted by Gasteiger charge is -2.18. The van der Waals surface area contributed by atoms with Gasteiger partial charge in [-0.15, -0.1) is 0 Å². The first kappa shape index (κ1) is 17.4. The highest BCUT2D eigenvalue weighted by Crippen LogP contribution is 2.32. The largest absolute Gasteiger partial charge is 0.460 e. The molecule has 122 valence electrons. The molecule has 6 heteroatoms. The molecule has 0 unspecified atom stereocenters. The van der Waals surface area contributed by atoms with Crippen LogP contribution in [0.5, 0.6) is 0 Å². The van der Waals surface area contributed by atoms with Gasteiger partial charge in [-0.05, 0) is 48.8 Å². The Morgan fingerprint density at radius 3 is 2.57 bits per heavy atom. The van der Waals surface area contributed by atoms with Crippen LogP contribution >= 0.6 is 15.9 Å². The van der Waals surface area contributed by atoms with Gasteiger partial charge in [0.15, 0.2) is 0 Å². The van der Waals surface area contributed by atoms with E-state index in [1.54, 1.807) is 45.0 Å². The first-order valence-electron chi connectivity index (χ1n) is 7.22. The number of benzene rings is 1. The number of rotatable bonds is 3. The average Bonchev–Trinajstić information content (AvgIpc) is 2.70. The lowest BCUT2D eigenvalue weighted by atomic mass is 10.1. The van der Waals surface area contributed by atoms with Gasteiger partial charge in [0, 0.05) is 10.0 Å². The smallest absolute Gasteiger partial charge is 0.310 e. The van der Waals surface area contributed by atoms with E-state index in [2.05, 4.69) is 15.9 Å². The number of hydrogen-bond acceptors (Lipinski definition) is 4. The molecule has 0 radical (unpaired) electrons. The Hall–Kier alpha value is -1.95. The molecule has 0 saturated carbocycles. The van der Waals surface area contributed by atoms with Crippen LogP contribution in [0.1, 0.15) is 33.6 Å². The van der Waals surface area contributed by atoms with Gasteiger partial charge in [0.2, 0.25) is 5.91 Å². The Morgan fingerprint density at radius 2 is 1.96 bits per heavy atom. The van der Waals surface area contributed by atoms with Crippen LogP contribution in [0.3, 0.4) is 0 Å². The van der Waals surface area contributed by atoms with Crippen molar-refractivity contribution in [3.63, 3.8) is 0 Å². The van der Waals surface area contributed by atoms with Gasteiger partial charge < -0.3 is 4.74 Å². The van der Waals surface area contributed by atoms with Crippen LogP contribution in [0.2, 0.25) is 0 Å². The van der Waals surface area contributed by atoms with Crippen LogP contribution < -0.4 is 4.90 Å². The van der Waals surface area contributed by atoms with Crippen molar-refractivity contribution in [2.45, 2.75) is 39.2 Å². The Morgan fingerprint density at radius 1 is 1.30 bits per heavy atom. The molecule has 1 aliphatic rings. The maximum absolute atomic E-state index is 12.4. The molecular weight excluding hydrogens is 362 g/mol. The second-order valence-corrected chi connectivity index (χ2v) is 7.04. The minimum atomic E-state index is -0.577. The number of imide groups is 1. The normalized spacial score (nSPS) is 17.0. The first-order chi connectivity index (χ1) is 10.7. The van der Waals surface area contributed by atoms with Gasteiger partial charge in [-0.3, -0.25) is 14.4 Å². The summed E-state index contributed by atoms with van der Waals surface area (Å²) < 4.78 is 5.85. The number of esters is 1. The molecule has 23 heavy (non-hydrogen) atoms. The molecule has 0 atom stereocenters. The number of carbonyl (C=O) groups is 3. The van der Waals surface area contributed by atoms with Crippen molar-refractivity contribution in [2.24, 2.45) is 0 Å². The van der Waals surface area contributed by atoms with Crippen molar-refractivity contribution in [3.8, 4) is 0 Å². The second kappa shape index (κ2) is 6.66. The lowest BCUT2D eigenvalue weighted by Crippen LogP contribution is -2.29. The zero-order valence-corrected chi connectivity index (χ0v) is 14.8. The summed E-state index contributed by atoms with van der Waals surface area (Å²) in [5.74, 6) is -1.13. The van der Waals surface area contributed by atoms with Crippen molar-refractivity contribution in [3.05, 3.63) is 40.4 Å².